The van der Waals surface area contributed by atoms with Crippen molar-refractivity contribution in [2.45, 2.75) is 51.6 Å². The van der Waals surface area contributed by atoms with Crippen LogP contribution in [0.4, 0.5) is 0 Å². The number of ether oxygens (including phenoxy) is 1. The van der Waals surface area contributed by atoms with Crippen LogP contribution in [0, 0.1) is 0 Å². The van der Waals surface area contributed by atoms with E-state index in [2.05, 4.69) is 59.9 Å². The van der Waals surface area contributed by atoms with Gasteiger partial charge >= 0.3 is 0 Å². The van der Waals surface area contributed by atoms with Gasteiger partial charge in [-0.2, -0.15) is 0 Å². The summed E-state index contributed by atoms with van der Waals surface area (Å²) in [6.45, 7) is 2.47. The summed E-state index contributed by atoms with van der Waals surface area (Å²) >= 11 is 0. The zero-order chi connectivity index (χ0) is 20.1. The number of carbonyl (C=O) groups is 1. The molecule has 3 nitrogen and oxygen atoms in total. The Hall–Kier alpha value is -2.81. The Morgan fingerprint density at radius 3 is 2.69 bits per heavy atom. The standard InChI is InChI=1S/C26H29NO2/c1-19(29-24-16-15-20-8-2-3-10-23(20)18-24)26(28)27-17-7-13-22-12-6-11-21-9-4-5-14-25(21)22/h4-6,9,11-12,14-16,18-19H,2-3,7-8,10,13,17H2,1H3,(H,27,28)/t19-/m0/s1. The van der Waals surface area contributed by atoms with E-state index in [4.69, 9.17) is 4.74 Å². The molecule has 0 radical (unpaired) electrons. The largest absolute Gasteiger partial charge is 0.481 e. The molecule has 3 heteroatoms. The molecule has 0 bridgehead atoms. The predicted molar refractivity (Wildman–Crippen MR) is 118 cm³/mol. The lowest BCUT2D eigenvalue weighted by Gasteiger charge is -2.19. The maximum absolute atomic E-state index is 12.4. The molecule has 1 N–H and O–H groups in total. The van der Waals surface area contributed by atoms with Gasteiger partial charge < -0.3 is 10.1 Å². The third kappa shape index (κ3) is 4.79. The zero-order valence-electron chi connectivity index (χ0n) is 17.1. The number of aryl methyl sites for hydroxylation is 3. The fourth-order valence-electron chi connectivity index (χ4n) is 4.19. The first-order valence-electron chi connectivity index (χ1n) is 10.7. The Morgan fingerprint density at radius 1 is 1.00 bits per heavy atom. The van der Waals surface area contributed by atoms with Gasteiger partial charge in [0.1, 0.15) is 5.75 Å². The molecule has 0 spiro atoms. The summed E-state index contributed by atoms with van der Waals surface area (Å²) in [5.41, 5.74) is 4.13. The first kappa shape index (κ1) is 19.5. The molecule has 1 aliphatic carbocycles. The third-order valence-corrected chi connectivity index (χ3v) is 5.80. The van der Waals surface area contributed by atoms with Crippen molar-refractivity contribution in [1.29, 1.82) is 0 Å². The van der Waals surface area contributed by atoms with Crippen molar-refractivity contribution in [3.63, 3.8) is 0 Å². The predicted octanol–water partition coefficient (Wildman–Crippen LogP) is 5.23. The molecule has 29 heavy (non-hydrogen) atoms. The number of carbonyl (C=O) groups excluding carboxylic acids is 1. The van der Waals surface area contributed by atoms with Crippen LogP contribution in [0.5, 0.6) is 5.75 Å². The minimum absolute atomic E-state index is 0.0550. The molecule has 0 heterocycles. The van der Waals surface area contributed by atoms with Gasteiger partial charge in [0.25, 0.3) is 5.91 Å². The molecule has 0 unspecified atom stereocenters. The molecule has 0 fully saturated rings. The van der Waals surface area contributed by atoms with Crippen molar-refractivity contribution >= 4 is 16.7 Å². The second kappa shape index (κ2) is 9.13. The third-order valence-electron chi connectivity index (χ3n) is 5.80. The summed E-state index contributed by atoms with van der Waals surface area (Å²) in [5, 5.41) is 5.58. The Bertz CT molecular complexity index is 990. The molecule has 0 saturated carbocycles. The van der Waals surface area contributed by atoms with Crippen molar-refractivity contribution < 1.29 is 9.53 Å². The Morgan fingerprint density at radius 2 is 1.79 bits per heavy atom. The second-order valence-electron chi connectivity index (χ2n) is 7.93. The van der Waals surface area contributed by atoms with E-state index in [-0.39, 0.29) is 5.91 Å². The fourth-order valence-corrected chi connectivity index (χ4v) is 4.19. The highest BCUT2D eigenvalue weighted by Crippen LogP contribution is 2.26. The first-order chi connectivity index (χ1) is 14.2. The molecule has 1 amide bonds. The molecule has 3 aromatic rings. The average Bonchev–Trinajstić information content (AvgIpc) is 2.76. The fraction of sp³-hybridized carbons (Fsp3) is 0.346. The average molecular weight is 388 g/mol. The van der Waals surface area contributed by atoms with Gasteiger partial charge in [-0.05, 0) is 85.0 Å². The van der Waals surface area contributed by atoms with Crippen molar-refractivity contribution in [2.75, 3.05) is 6.54 Å². The number of nitrogens with one attached hydrogen (secondary N) is 1. The Labute approximate surface area is 173 Å². The van der Waals surface area contributed by atoms with E-state index in [0.717, 1.165) is 31.4 Å². The SMILES string of the molecule is C[C@H](Oc1ccc2c(c1)CCCC2)C(=O)NCCCc1cccc2ccccc12. The van der Waals surface area contributed by atoms with Gasteiger partial charge in [-0.15, -0.1) is 0 Å². The van der Waals surface area contributed by atoms with E-state index < -0.39 is 6.10 Å². The van der Waals surface area contributed by atoms with E-state index >= 15 is 0 Å². The van der Waals surface area contributed by atoms with Gasteiger partial charge in [0.2, 0.25) is 0 Å². The van der Waals surface area contributed by atoms with Crippen molar-refractivity contribution in [2.24, 2.45) is 0 Å². The van der Waals surface area contributed by atoms with Crippen molar-refractivity contribution in [1.82, 2.24) is 5.32 Å². The highest BCUT2D eigenvalue weighted by Gasteiger charge is 2.16. The zero-order valence-corrected chi connectivity index (χ0v) is 17.1. The number of rotatable bonds is 7. The summed E-state index contributed by atoms with van der Waals surface area (Å²) in [6, 6.07) is 21.1. The lowest BCUT2D eigenvalue weighted by Crippen LogP contribution is -2.37. The summed E-state index contributed by atoms with van der Waals surface area (Å²) in [7, 11) is 0. The van der Waals surface area contributed by atoms with Crippen LogP contribution in [-0.4, -0.2) is 18.6 Å². The van der Waals surface area contributed by atoms with Crippen LogP contribution >= 0.6 is 0 Å². The van der Waals surface area contributed by atoms with Gasteiger partial charge in [-0.3, -0.25) is 4.79 Å². The van der Waals surface area contributed by atoms with Gasteiger partial charge in [0, 0.05) is 6.54 Å². The van der Waals surface area contributed by atoms with Gasteiger partial charge in [0.05, 0.1) is 0 Å². The summed E-state index contributed by atoms with van der Waals surface area (Å²) in [5.74, 6) is 0.740. The smallest absolute Gasteiger partial charge is 0.260 e. The highest BCUT2D eigenvalue weighted by molar-refractivity contribution is 5.85. The molecule has 150 valence electrons. The maximum atomic E-state index is 12.4. The highest BCUT2D eigenvalue weighted by atomic mass is 16.5. The molecule has 1 aliphatic rings. The lowest BCUT2D eigenvalue weighted by atomic mass is 9.92. The monoisotopic (exact) mass is 387 g/mol. The number of hydrogen-bond donors (Lipinski definition) is 1. The number of amides is 1. The number of hydrogen-bond acceptors (Lipinski definition) is 2. The summed E-state index contributed by atoms with van der Waals surface area (Å²) in [4.78, 5) is 12.4. The van der Waals surface area contributed by atoms with E-state index in [1.807, 2.05) is 13.0 Å². The van der Waals surface area contributed by atoms with Gasteiger partial charge in [-0.25, -0.2) is 0 Å². The second-order valence-corrected chi connectivity index (χ2v) is 7.93. The quantitative estimate of drug-likeness (QED) is 0.564. The van der Waals surface area contributed by atoms with Gasteiger partial charge in [0.15, 0.2) is 6.10 Å². The lowest BCUT2D eigenvalue weighted by molar-refractivity contribution is -0.127. The van der Waals surface area contributed by atoms with Crippen LogP contribution in [0.25, 0.3) is 10.8 Å². The number of benzene rings is 3. The molecular weight excluding hydrogens is 358 g/mol. The minimum Gasteiger partial charge on any atom is -0.481 e. The van der Waals surface area contributed by atoms with Crippen LogP contribution in [0.15, 0.2) is 60.7 Å². The van der Waals surface area contributed by atoms with Crippen LogP contribution in [0.3, 0.4) is 0 Å². The van der Waals surface area contributed by atoms with E-state index in [1.54, 1.807) is 0 Å². The van der Waals surface area contributed by atoms with Crippen LogP contribution in [0.1, 0.15) is 42.9 Å². The Kier molecular flexibility index (Phi) is 6.14. The maximum Gasteiger partial charge on any atom is 0.260 e. The summed E-state index contributed by atoms with van der Waals surface area (Å²) < 4.78 is 5.90. The van der Waals surface area contributed by atoms with E-state index in [0.29, 0.717) is 6.54 Å². The molecule has 4 rings (SSSR count). The van der Waals surface area contributed by atoms with E-state index in [1.165, 1.54) is 40.3 Å². The van der Waals surface area contributed by atoms with Crippen LogP contribution in [0.2, 0.25) is 0 Å². The van der Waals surface area contributed by atoms with Gasteiger partial charge in [-0.1, -0.05) is 48.5 Å². The minimum atomic E-state index is -0.491. The molecule has 1 atom stereocenters. The summed E-state index contributed by atoms with van der Waals surface area (Å²) in [6.07, 6.45) is 6.14. The normalized spacial score (nSPS) is 14.2. The molecule has 0 saturated heterocycles. The van der Waals surface area contributed by atoms with Crippen molar-refractivity contribution in [3.05, 3.63) is 77.4 Å². The molecule has 0 aromatic heterocycles. The van der Waals surface area contributed by atoms with Crippen LogP contribution < -0.4 is 10.1 Å². The van der Waals surface area contributed by atoms with Crippen LogP contribution in [-0.2, 0) is 24.1 Å². The number of fused-ring (bicyclic) bond motifs is 2. The first-order valence-corrected chi connectivity index (χ1v) is 10.7. The van der Waals surface area contributed by atoms with Crippen molar-refractivity contribution in [3.8, 4) is 5.75 Å². The Balaban J connectivity index is 1.26. The molecule has 3 aromatic carbocycles. The van der Waals surface area contributed by atoms with E-state index in [9.17, 15) is 4.79 Å². The molecular formula is C26H29NO2. The molecule has 0 aliphatic heterocycles. The topological polar surface area (TPSA) is 38.3 Å².